The Morgan fingerprint density at radius 1 is 1.07 bits per heavy atom. The fourth-order valence-corrected chi connectivity index (χ4v) is 2.94. The lowest BCUT2D eigenvalue weighted by atomic mass is 10.0. The molecule has 0 unspecified atom stereocenters. The quantitative estimate of drug-likeness (QED) is 0.682. The van der Waals surface area contributed by atoms with Crippen LogP contribution in [0.5, 0.6) is 11.5 Å². The standard InChI is InChI=1S/C22H25NO5/c1-4-23(12-16-5-10-19-20(11-16)28-14-27-19)21(24)13-26-22(25)18-8-6-17(7-9-18)15(2)3/h5-11,15H,4,12-14H2,1-3H3. The van der Waals surface area contributed by atoms with Crippen molar-refractivity contribution in [3.05, 3.63) is 59.2 Å². The summed E-state index contributed by atoms with van der Waals surface area (Å²) in [4.78, 5) is 26.3. The summed E-state index contributed by atoms with van der Waals surface area (Å²) in [5, 5.41) is 0. The van der Waals surface area contributed by atoms with Crippen LogP contribution in [-0.2, 0) is 16.1 Å². The van der Waals surface area contributed by atoms with E-state index in [1.54, 1.807) is 17.0 Å². The van der Waals surface area contributed by atoms with E-state index in [-0.39, 0.29) is 19.3 Å². The summed E-state index contributed by atoms with van der Waals surface area (Å²) in [6.45, 7) is 6.90. The zero-order valence-electron chi connectivity index (χ0n) is 16.4. The first-order valence-corrected chi connectivity index (χ1v) is 9.41. The summed E-state index contributed by atoms with van der Waals surface area (Å²) in [5.41, 5.74) is 2.51. The molecule has 0 radical (unpaired) electrons. The maximum Gasteiger partial charge on any atom is 0.338 e. The predicted molar refractivity (Wildman–Crippen MR) is 104 cm³/mol. The molecule has 0 aliphatic carbocycles. The number of hydrogen-bond acceptors (Lipinski definition) is 5. The van der Waals surface area contributed by atoms with E-state index in [1.165, 1.54) is 0 Å². The van der Waals surface area contributed by atoms with E-state index >= 15 is 0 Å². The molecular formula is C22H25NO5. The van der Waals surface area contributed by atoms with Crippen LogP contribution in [0.25, 0.3) is 0 Å². The maximum atomic E-state index is 12.5. The number of amides is 1. The fourth-order valence-electron chi connectivity index (χ4n) is 2.94. The summed E-state index contributed by atoms with van der Waals surface area (Å²) in [7, 11) is 0. The van der Waals surface area contributed by atoms with E-state index in [4.69, 9.17) is 14.2 Å². The number of carbonyl (C=O) groups excluding carboxylic acids is 2. The van der Waals surface area contributed by atoms with Gasteiger partial charge in [-0.2, -0.15) is 0 Å². The highest BCUT2D eigenvalue weighted by Crippen LogP contribution is 2.32. The molecule has 0 bridgehead atoms. The van der Waals surface area contributed by atoms with Crippen molar-refractivity contribution in [1.82, 2.24) is 4.90 Å². The highest BCUT2D eigenvalue weighted by Gasteiger charge is 2.18. The Labute approximate surface area is 165 Å². The zero-order chi connectivity index (χ0) is 20.1. The van der Waals surface area contributed by atoms with E-state index in [9.17, 15) is 9.59 Å². The summed E-state index contributed by atoms with van der Waals surface area (Å²) in [6.07, 6.45) is 0. The van der Waals surface area contributed by atoms with Gasteiger partial charge >= 0.3 is 5.97 Å². The van der Waals surface area contributed by atoms with Crippen molar-refractivity contribution >= 4 is 11.9 Å². The van der Waals surface area contributed by atoms with Gasteiger partial charge in [-0.3, -0.25) is 4.79 Å². The molecule has 1 aliphatic rings. The minimum atomic E-state index is -0.497. The van der Waals surface area contributed by atoms with Gasteiger partial charge in [-0.25, -0.2) is 4.79 Å². The molecule has 0 aromatic heterocycles. The number of nitrogens with zero attached hydrogens (tertiary/aromatic N) is 1. The van der Waals surface area contributed by atoms with E-state index in [0.717, 1.165) is 11.1 Å². The summed E-state index contributed by atoms with van der Waals surface area (Å²) >= 11 is 0. The first kappa shape index (κ1) is 19.7. The molecule has 6 heteroatoms. The number of rotatable bonds is 7. The van der Waals surface area contributed by atoms with Crippen LogP contribution in [-0.4, -0.2) is 36.7 Å². The van der Waals surface area contributed by atoms with Crippen LogP contribution in [0.15, 0.2) is 42.5 Å². The Hall–Kier alpha value is -3.02. The van der Waals surface area contributed by atoms with Crippen LogP contribution in [0.4, 0.5) is 0 Å². The number of hydrogen-bond donors (Lipinski definition) is 0. The Balaban J connectivity index is 1.55. The van der Waals surface area contributed by atoms with E-state index < -0.39 is 5.97 Å². The third-order valence-corrected chi connectivity index (χ3v) is 4.68. The second-order valence-corrected chi connectivity index (χ2v) is 6.95. The van der Waals surface area contributed by atoms with Crippen LogP contribution >= 0.6 is 0 Å². The minimum absolute atomic E-state index is 0.212. The number of esters is 1. The molecule has 0 fully saturated rings. The topological polar surface area (TPSA) is 65.1 Å². The number of ether oxygens (including phenoxy) is 3. The summed E-state index contributed by atoms with van der Waals surface area (Å²) < 4.78 is 15.9. The van der Waals surface area contributed by atoms with Crippen molar-refractivity contribution in [2.75, 3.05) is 19.9 Å². The van der Waals surface area contributed by atoms with Crippen molar-refractivity contribution in [3.63, 3.8) is 0 Å². The molecule has 6 nitrogen and oxygen atoms in total. The van der Waals surface area contributed by atoms with E-state index in [0.29, 0.717) is 36.1 Å². The van der Waals surface area contributed by atoms with Gasteiger partial charge in [-0.15, -0.1) is 0 Å². The van der Waals surface area contributed by atoms with Gasteiger partial charge in [0.25, 0.3) is 5.91 Å². The third kappa shape index (κ3) is 4.63. The lowest BCUT2D eigenvalue weighted by molar-refractivity contribution is -0.134. The predicted octanol–water partition coefficient (Wildman–Crippen LogP) is 3.74. The molecule has 0 saturated heterocycles. The molecule has 0 saturated carbocycles. The fraction of sp³-hybridized carbons (Fsp3) is 0.364. The molecule has 2 aromatic carbocycles. The van der Waals surface area contributed by atoms with Crippen LogP contribution in [0.2, 0.25) is 0 Å². The highest BCUT2D eigenvalue weighted by molar-refractivity contribution is 5.91. The molecule has 148 valence electrons. The van der Waals surface area contributed by atoms with Crippen LogP contribution < -0.4 is 9.47 Å². The van der Waals surface area contributed by atoms with Crippen molar-refractivity contribution in [1.29, 1.82) is 0 Å². The molecule has 0 spiro atoms. The zero-order valence-corrected chi connectivity index (χ0v) is 16.4. The smallest absolute Gasteiger partial charge is 0.338 e. The number of likely N-dealkylation sites (N-methyl/N-ethyl adjacent to an activating group) is 1. The van der Waals surface area contributed by atoms with Gasteiger partial charge in [0.2, 0.25) is 6.79 Å². The summed E-state index contributed by atoms with van der Waals surface area (Å²) in [5.74, 6) is 1.03. The minimum Gasteiger partial charge on any atom is -0.454 e. The molecule has 0 N–H and O–H groups in total. The lowest BCUT2D eigenvalue weighted by Gasteiger charge is -2.21. The highest BCUT2D eigenvalue weighted by atomic mass is 16.7. The molecule has 28 heavy (non-hydrogen) atoms. The van der Waals surface area contributed by atoms with Crippen LogP contribution in [0, 0.1) is 0 Å². The van der Waals surface area contributed by atoms with Crippen molar-refractivity contribution < 1.29 is 23.8 Å². The molecule has 1 amide bonds. The Kier molecular flexibility index (Phi) is 6.19. The monoisotopic (exact) mass is 383 g/mol. The maximum absolute atomic E-state index is 12.5. The Morgan fingerprint density at radius 3 is 2.46 bits per heavy atom. The molecule has 3 rings (SSSR count). The van der Waals surface area contributed by atoms with Gasteiger partial charge in [0.05, 0.1) is 5.56 Å². The summed E-state index contributed by atoms with van der Waals surface area (Å²) in [6, 6.07) is 12.9. The average molecular weight is 383 g/mol. The molecule has 0 atom stereocenters. The van der Waals surface area contributed by atoms with Crippen molar-refractivity contribution in [2.24, 2.45) is 0 Å². The SMILES string of the molecule is CCN(Cc1ccc2c(c1)OCO2)C(=O)COC(=O)c1ccc(C(C)C)cc1. The van der Waals surface area contributed by atoms with Crippen molar-refractivity contribution in [2.45, 2.75) is 33.2 Å². The van der Waals surface area contributed by atoms with E-state index in [1.807, 2.05) is 37.3 Å². The number of carbonyl (C=O) groups is 2. The second kappa shape index (κ2) is 8.78. The van der Waals surface area contributed by atoms with E-state index in [2.05, 4.69) is 13.8 Å². The molecule has 1 heterocycles. The largest absolute Gasteiger partial charge is 0.454 e. The van der Waals surface area contributed by atoms with Gasteiger partial charge in [0, 0.05) is 13.1 Å². The Morgan fingerprint density at radius 2 is 1.79 bits per heavy atom. The normalized spacial score (nSPS) is 12.1. The van der Waals surface area contributed by atoms with Gasteiger partial charge in [-0.1, -0.05) is 32.0 Å². The lowest BCUT2D eigenvalue weighted by Crippen LogP contribution is -2.34. The molecular weight excluding hydrogens is 358 g/mol. The van der Waals surface area contributed by atoms with Gasteiger partial charge in [0.15, 0.2) is 18.1 Å². The number of benzene rings is 2. The first-order valence-electron chi connectivity index (χ1n) is 9.41. The van der Waals surface area contributed by atoms with Gasteiger partial charge in [0.1, 0.15) is 0 Å². The van der Waals surface area contributed by atoms with Crippen LogP contribution in [0.3, 0.4) is 0 Å². The second-order valence-electron chi connectivity index (χ2n) is 6.95. The number of fused-ring (bicyclic) bond motifs is 1. The van der Waals surface area contributed by atoms with Gasteiger partial charge in [-0.05, 0) is 48.2 Å². The van der Waals surface area contributed by atoms with Crippen LogP contribution in [0.1, 0.15) is 48.2 Å². The average Bonchev–Trinajstić information content (AvgIpc) is 3.17. The molecule has 2 aromatic rings. The Bertz CT molecular complexity index is 845. The third-order valence-electron chi connectivity index (χ3n) is 4.68. The molecule has 1 aliphatic heterocycles. The first-order chi connectivity index (χ1) is 13.5. The van der Waals surface area contributed by atoms with Crippen molar-refractivity contribution in [3.8, 4) is 11.5 Å². The van der Waals surface area contributed by atoms with Gasteiger partial charge < -0.3 is 19.1 Å².